The van der Waals surface area contributed by atoms with E-state index in [1.165, 1.54) is 7.11 Å². The lowest BCUT2D eigenvalue weighted by Crippen LogP contribution is -2.05. The lowest BCUT2D eigenvalue weighted by Gasteiger charge is -2.12. The van der Waals surface area contributed by atoms with Crippen molar-refractivity contribution in [2.45, 2.75) is 6.92 Å². The van der Waals surface area contributed by atoms with Gasteiger partial charge in [-0.15, -0.1) is 0 Å². The largest absolute Gasteiger partial charge is 0.465 e. The molecule has 0 atom stereocenters. The number of hydrogen-bond donors (Lipinski definition) is 0. The van der Waals surface area contributed by atoms with Crippen molar-refractivity contribution in [3.8, 4) is 16.9 Å². The third-order valence-corrected chi connectivity index (χ3v) is 3.21. The molecule has 112 valence electrons. The Bertz CT molecular complexity index is 714. The Morgan fingerprint density at radius 1 is 1.09 bits per heavy atom. The second kappa shape index (κ2) is 6.72. The van der Waals surface area contributed by atoms with Crippen molar-refractivity contribution in [1.82, 2.24) is 0 Å². The van der Waals surface area contributed by atoms with E-state index in [1.54, 1.807) is 30.3 Å². The second-order valence-corrected chi connectivity index (χ2v) is 4.64. The summed E-state index contributed by atoms with van der Waals surface area (Å²) < 4.78 is 9.96. The van der Waals surface area contributed by atoms with Crippen LogP contribution in [0.25, 0.3) is 11.1 Å². The number of benzene rings is 2. The van der Waals surface area contributed by atoms with Gasteiger partial charge in [0.25, 0.3) is 0 Å². The molecule has 0 radical (unpaired) electrons. The maximum atomic E-state index is 11.5. The number of aryl methyl sites for hydroxylation is 1. The van der Waals surface area contributed by atoms with E-state index >= 15 is 0 Å². The summed E-state index contributed by atoms with van der Waals surface area (Å²) in [6.07, 6.45) is 1.12. The topological polar surface area (TPSA) is 52.6 Å². The molecular formula is C18H16O4. The quantitative estimate of drug-likeness (QED) is 0.492. The first-order valence-electron chi connectivity index (χ1n) is 6.69. The molecule has 4 heteroatoms. The zero-order valence-corrected chi connectivity index (χ0v) is 12.5. The predicted molar refractivity (Wildman–Crippen MR) is 83.8 cm³/mol. The summed E-state index contributed by atoms with van der Waals surface area (Å²) in [4.78, 5) is 22.9. The van der Waals surface area contributed by atoms with Crippen LogP contribution in [0.3, 0.4) is 0 Å². The summed E-state index contributed by atoms with van der Waals surface area (Å²) in [5.74, 6) is -0.455. The van der Waals surface area contributed by atoms with Crippen molar-refractivity contribution >= 4 is 11.9 Å². The zero-order valence-electron chi connectivity index (χ0n) is 12.5. The molecule has 22 heavy (non-hydrogen) atoms. The third kappa shape index (κ3) is 3.23. The monoisotopic (exact) mass is 296 g/mol. The van der Waals surface area contributed by atoms with Crippen LogP contribution in [0.4, 0.5) is 0 Å². The Morgan fingerprint density at radius 3 is 2.36 bits per heavy atom. The molecular weight excluding hydrogens is 280 g/mol. The molecule has 2 rings (SSSR count). The Labute approximate surface area is 129 Å². The van der Waals surface area contributed by atoms with Crippen LogP contribution < -0.4 is 4.74 Å². The molecule has 0 saturated carbocycles. The number of carbonyl (C=O) groups is 2. The number of esters is 2. The van der Waals surface area contributed by atoms with E-state index in [0.717, 1.165) is 22.8 Å². The summed E-state index contributed by atoms with van der Waals surface area (Å²) in [6.45, 7) is 5.32. The first kappa shape index (κ1) is 15.5. The average molecular weight is 296 g/mol. The molecule has 0 bridgehead atoms. The number of ether oxygens (including phenoxy) is 2. The zero-order chi connectivity index (χ0) is 16.1. The van der Waals surface area contributed by atoms with Gasteiger partial charge in [-0.25, -0.2) is 9.59 Å². The molecule has 0 N–H and O–H groups in total. The van der Waals surface area contributed by atoms with Crippen molar-refractivity contribution in [1.29, 1.82) is 0 Å². The van der Waals surface area contributed by atoms with Gasteiger partial charge in [0.1, 0.15) is 5.75 Å². The van der Waals surface area contributed by atoms with Gasteiger partial charge < -0.3 is 9.47 Å². The smallest absolute Gasteiger partial charge is 0.337 e. The standard InChI is InChI=1S/C18H16O4/c1-4-16(19)22-15-7-5-6-12(2)17(15)13-8-10-14(11-9-13)18(20)21-3/h4-11H,1H2,2-3H3. The minimum Gasteiger partial charge on any atom is -0.465 e. The minimum absolute atomic E-state index is 0.394. The molecule has 0 fully saturated rings. The summed E-state index contributed by atoms with van der Waals surface area (Å²) in [6, 6.07) is 12.4. The first-order chi connectivity index (χ1) is 10.6. The van der Waals surface area contributed by atoms with Crippen LogP contribution in [0, 0.1) is 6.92 Å². The van der Waals surface area contributed by atoms with Gasteiger partial charge in [-0.1, -0.05) is 30.8 Å². The predicted octanol–water partition coefficient (Wildman–Crippen LogP) is 3.54. The molecule has 2 aromatic rings. The fraction of sp³-hybridized carbons (Fsp3) is 0.111. The Morgan fingerprint density at radius 2 is 1.77 bits per heavy atom. The van der Waals surface area contributed by atoms with Gasteiger partial charge in [-0.2, -0.15) is 0 Å². The molecule has 0 aromatic heterocycles. The lowest BCUT2D eigenvalue weighted by molar-refractivity contribution is -0.128. The van der Waals surface area contributed by atoms with Gasteiger partial charge in [-0.3, -0.25) is 0 Å². The van der Waals surface area contributed by atoms with Gasteiger partial charge in [0.15, 0.2) is 0 Å². The van der Waals surface area contributed by atoms with Gasteiger partial charge in [0, 0.05) is 11.6 Å². The molecule has 0 aliphatic heterocycles. The van der Waals surface area contributed by atoms with Gasteiger partial charge >= 0.3 is 11.9 Å². The molecule has 0 spiro atoms. The number of hydrogen-bond acceptors (Lipinski definition) is 4. The maximum absolute atomic E-state index is 11.5. The highest BCUT2D eigenvalue weighted by Gasteiger charge is 2.13. The molecule has 0 aliphatic rings. The third-order valence-electron chi connectivity index (χ3n) is 3.21. The highest BCUT2D eigenvalue weighted by Crippen LogP contribution is 2.33. The van der Waals surface area contributed by atoms with Crippen molar-refractivity contribution in [2.75, 3.05) is 7.11 Å². The fourth-order valence-electron chi connectivity index (χ4n) is 2.14. The average Bonchev–Trinajstić information content (AvgIpc) is 2.54. The van der Waals surface area contributed by atoms with Crippen LogP contribution in [0.5, 0.6) is 5.75 Å². The maximum Gasteiger partial charge on any atom is 0.337 e. The Balaban J connectivity index is 2.45. The molecule has 2 aromatic carbocycles. The Kier molecular flexibility index (Phi) is 4.73. The van der Waals surface area contributed by atoms with Crippen LogP contribution in [0.1, 0.15) is 15.9 Å². The van der Waals surface area contributed by atoms with E-state index in [2.05, 4.69) is 11.3 Å². The molecule has 0 amide bonds. The van der Waals surface area contributed by atoms with E-state index in [9.17, 15) is 9.59 Å². The fourth-order valence-corrected chi connectivity index (χ4v) is 2.14. The van der Waals surface area contributed by atoms with Crippen LogP contribution in [-0.4, -0.2) is 19.0 Å². The lowest BCUT2D eigenvalue weighted by atomic mass is 9.98. The Hall–Kier alpha value is -2.88. The molecule has 0 unspecified atom stereocenters. The van der Waals surface area contributed by atoms with Crippen LogP contribution in [-0.2, 0) is 9.53 Å². The number of rotatable bonds is 4. The summed E-state index contributed by atoms with van der Waals surface area (Å²) in [5, 5.41) is 0. The van der Waals surface area contributed by atoms with Crippen LogP contribution in [0.15, 0.2) is 55.1 Å². The van der Waals surface area contributed by atoms with Gasteiger partial charge in [0.05, 0.1) is 12.7 Å². The summed E-state index contributed by atoms with van der Waals surface area (Å²) >= 11 is 0. The van der Waals surface area contributed by atoms with Crippen molar-refractivity contribution < 1.29 is 19.1 Å². The number of methoxy groups -OCH3 is 1. The molecule has 0 aliphatic carbocycles. The summed E-state index contributed by atoms with van der Waals surface area (Å²) in [7, 11) is 1.34. The molecule has 0 heterocycles. The minimum atomic E-state index is -0.516. The SMILES string of the molecule is C=CC(=O)Oc1cccc(C)c1-c1ccc(C(=O)OC)cc1. The van der Waals surface area contributed by atoms with Crippen molar-refractivity contribution in [2.24, 2.45) is 0 Å². The van der Waals surface area contributed by atoms with E-state index in [1.807, 2.05) is 19.1 Å². The normalized spacial score (nSPS) is 9.91. The second-order valence-electron chi connectivity index (χ2n) is 4.64. The van der Waals surface area contributed by atoms with E-state index in [-0.39, 0.29) is 0 Å². The van der Waals surface area contributed by atoms with Crippen LogP contribution in [0.2, 0.25) is 0 Å². The van der Waals surface area contributed by atoms with Gasteiger partial charge in [0.2, 0.25) is 0 Å². The van der Waals surface area contributed by atoms with E-state index in [0.29, 0.717) is 11.3 Å². The molecule has 0 saturated heterocycles. The highest BCUT2D eigenvalue weighted by atomic mass is 16.5. The van der Waals surface area contributed by atoms with Gasteiger partial charge in [-0.05, 0) is 36.2 Å². The van der Waals surface area contributed by atoms with Crippen LogP contribution >= 0.6 is 0 Å². The number of carbonyl (C=O) groups excluding carboxylic acids is 2. The van der Waals surface area contributed by atoms with Crippen molar-refractivity contribution in [3.63, 3.8) is 0 Å². The van der Waals surface area contributed by atoms with Crippen molar-refractivity contribution in [3.05, 3.63) is 66.2 Å². The van der Waals surface area contributed by atoms with E-state index < -0.39 is 11.9 Å². The van der Waals surface area contributed by atoms with E-state index in [4.69, 9.17) is 4.74 Å². The molecule has 4 nitrogen and oxygen atoms in total. The summed E-state index contributed by atoms with van der Waals surface area (Å²) in [5.41, 5.74) is 3.07. The first-order valence-corrected chi connectivity index (χ1v) is 6.69. The highest BCUT2D eigenvalue weighted by molar-refractivity contribution is 5.90.